The molecule has 0 radical (unpaired) electrons. The number of anilines is 2. The van der Waals surface area contributed by atoms with E-state index in [-0.39, 0.29) is 0 Å². The zero-order valence-electron chi connectivity index (χ0n) is 13.3. The van der Waals surface area contributed by atoms with Crippen molar-refractivity contribution in [1.82, 2.24) is 14.9 Å². The van der Waals surface area contributed by atoms with E-state index in [9.17, 15) is 0 Å². The molecule has 1 saturated carbocycles. The van der Waals surface area contributed by atoms with Crippen LogP contribution >= 0.6 is 0 Å². The number of hydrogen-bond acceptors (Lipinski definition) is 6. The quantitative estimate of drug-likeness (QED) is 0.646. The number of aromatic nitrogens is 2. The van der Waals surface area contributed by atoms with Crippen LogP contribution in [0.15, 0.2) is 0 Å². The van der Waals surface area contributed by atoms with E-state index in [1.807, 2.05) is 0 Å². The Morgan fingerprint density at radius 3 is 2.62 bits per heavy atom. The van der Waals surface area contributed by atoms with E-state index in [1.54, 1.807) is 0 Å². The van der Waals surface area contributed by atoms with E-state index in [2.05, 4.69) is 41.0 Å². The van der Waals surface area contributed by atoms with Gasteiger partial charge in [0, 0.05) is 37.2 Å². The number of rotatable bonds is 4. The highest BCUT2D eigenvalue weighted by atomic mass is 15.3. The van der Waals surface area contributed by atoms with Crippen molar-refractivity contribution in [2.75, 3.05) is 36.5 Å². The van der Waals surface area contributed by atoms with Crippen molar-refractivity contribution < 1.29 is 0 Å². The third-order valence-electron chi connectivity index (χ3n) is 4.69. The third-order valence-corrected chi connectivity index (χ3v) is 4.69. The van der Waals surface area contributed by atoms with Gasteiger partial charge in [-0.25, -0.2) is 15.8 Å². The third kappa shape index (κ3) is 2.82. The number of nitrogens with one attached hydrogen (secondary N) is 1. The van der Waals surface area contributed by atoms with Gasteiger partial charge < -0.3 is 10.3 Å². The van der Waals surface area contributed by atoms with Crippen molar-refractivity contribution >= 4 is 11.6 Å². The van der Waals surface area contributed by atoms with Crippen LogP contribution in [0.2, 0.25) is 0 Å². The smallest absolute Gasteiger partial charge is 0.148 e. The van der Waals surface area contributed by atoms with Gasteiger partial charge in [0.1, 0.15) is 17.5 Å². The van der Waals surface area contributed by atoms with Crippen LogP contribution in [0, 0.1) is 6.92 Å². The molecule has 6 heteroatoms. The molecular formula is C15H26N6. The summed E-state index contributed by atoms with van der Waals surface area (Å²) in [6, 6.07) is 0.553. The van der Waals surface area contributed by atoms with Gasteiger partial charge in [-0.3, -0.25) is 4.90 Å². The Balaban J connectivity index is 1.88. The number of nitrogens with zero attached hydrogens (tertiary/aromatic N) is 4. The SMILES string of the molecule is CCN1CCN(c2nc(C3CC3)nc(NN)c2C)CC1C. The number of piperazine rings is 1. The minimum absolute atomic E-state index is 0.533. The van der Waals surface area contributed by atoms with Gasteiger partial charge in [0.05, 0.1) is 0 Å². The van der Waals surface area contributed by atoms with Gasteiger partial charge in [0.2, 0.25) is 0 Å². The fourth-order valence-electron chi connectivity index (χ4n) is 3.15. The molecule has 0 aromatic carbocycles. The molecular weight excluding hydrogens is 264 g/mol. The zero-order chi connectivity index (χ0) is 15.0. The average Bonchev–Trinajstić information content (AvgIpc) is 3.32. The largest absolute Gasteiger partial charge is 0.353 e. The van der Waals surface area contributed by atoms with Crippen LogP contribution in [-0.4, -0.2) is 47.1 Å². The first-order valence-electron chi connectivity index (χ1n) is 7.98. The molecule has 1 aromatic heterocycles. The molecule has 3 rings (SSSR count). The highest BCUT2D eigenvalue weighted by molar-refractivity contribution is 5.59. The summed E-state index contributed by atoms with van der Waals surface area (Å²) in [7, 11) is 0. The zero-order valence-corrected chi connectivity index (χ0v) is 13.3. The first-order valence-corrected chi connectivity index (χ1v) is 7.98. The summed E-state index contributed by atoms with van der Waals surface area (Å²) in [5.74, 6) is 8.96. The maximum Gasteiger partial charge on any atom is 0.148 e. The molecule has 116 valence electrons. The van der Waals surface area contributed by atoms with Crippen LogP contribution in [0.5, 0.6) is 0 Å². The molecule has 6 nitrogen and oxygen atoms in total. The van der Waals surface area contributed by atoms with Crippen molar-refractivity contribution in [2.24, 2.45) is 5.84 Å². The topological polar surface area (TPSA) is 70.3 Å². The first kappa shape index (κ1) is 14.5. The summed E-state index contributed by atoms with van der Waals surface area (Å²) >= 11 is 0. The van der Waals surface area contributed by atoms with Gasteiger partial charge in [0.15, 0.2) is 0 Å². The molecule has 1 aromatic rings. The highest BCUT2D eigenvalue weighted by Crippen LogP contribution is 2.40. The highest BCUT2D eigenvalue weighted by Gasteiger charge is 2.30. The van der Waals surface area contributed by atoms with E-state index < -0.39 is 0 Å². The number of hydrazine groups is 1. The lowest BCUT2D eigenvalue weighted by Crippen LogP contribution is -2.52. The van der Waals surface area contributed by atoms with Crippen molar-refractivity contribution in [2.45, 2.75) is 45.6 Å². The lowest BCUT2D eigenvalue weighted by atomic mass is 10.1. The van der Waals surface area contributed by atoms with E-state index in [0.29, 0.717) is 12.0 Å². The monoisotopic (exact) mass is 290 g/mol. The lowest BCUT2D eigenvalue weighted by molar-refractivity contribution is 0.199. The second kappa shape index (κ2) is 5.77. The molecule has 1 atom stereocenters. The van der Waals surface area contributed by atoms with Crippen molar-refractivity contribution in [3.8, 4) is 0 Å². The fourth-order valence-corrected chi connectivity index (χ4v) is 3.15. The second-order valence-corrected chi connectivity index (χ2v) is 6.22. The molecule has 2 heterocycles. The van der Waals surface area contributed by atoms with Gasteiger partial charge in [-0.15, -0.1) is 0 Å². The van der Waals surface area contributed by atoms with Gasteiger partial charge >= 0.3 is 0 Å². The molecule has 0 bridgehead atoms. The van der Waals surface area contributed by atoms with Gasteiger partial charge in [-0.05, 0) is 33.2 Å². The standard InChI is InChI=1S/C15H26N6/c1-4-20-7-8-21(9-10(20)2)15-11(3)13(19-16)17-14(18-15)12-5-6-12/h10,12H,4-9,16H2,1-3H3,(H,17,18,19). The minimum atomic E-state index is 0.533. The predicted molar refractivity (Wildman–Crippen MR) is 85.5 cm³/mol. The Hall–Kier alpha value is -1.40. The van der Waals surface area contributed by atoms with E-state index in [1.165, 1.54) is 12.8 Å². The van der Waals surface area contributed by atoms with Crippen LogP contribution in [0.25, 0.3) is 0 Å². The molecule has 3 N–H and O–H groups in total. The molecule has 2 fully saturated rings. The molecule has 1 aliphatic heterocycles. The molecule has 0 spiro atoms. The van der Waals surface area contributed by atoms with Crippen LogP contribution < -0.4 is 16.2 Å². The Morgan fingerprint density at radius 2 is 2.05 bits per heavy atom. The maximum absolute atomic E-state index is 5.64. The van der Waals surface area contributed by atoms with Gasteiger partial charge in [-0.1, -0.05) is 6.92 Å². The summed E-state index contributed by atoms with van der Waals surface area (Å²) in [6.07, 6.45) is 2.40. The normalized spacial score (nSPS) is 23.4. The summed E-state index contributed by atoms with van der Waals surface area (Å²) < 4.78 is 0. The van der Waals surface area contributed by atoms with Gasteiger partial charge in [0.25, 0.3) is 0 Å². The van der Waals surface area contributed by atoms with Crippen LogP contribution in [0.3, 0.4) is 0 Å². The van der Waals surface area contributed by atoms with E-state index >= 15 is 0 Å². The fraction of sp³-hybridized carbons (Fsp3) is 0.733. The lowest BCUT2D eigenvalue weighted by Gasteiger charge is -2.40. The summed E-state index contributed by atoms with van der Waals surface area (Å²) in [4.78, 5) is 14.3. The summed E-state index contributed by atoms with van der Waals surface area (Å²) in [5, 5.41) is 0. The van der Waals surface area contributed by atoms with Crippen LogP contribution in [0.4, 0.5) is 11.6 Å². The molecule has 0 amide bonds. The Bertz CT molecular complexity index is 513. The maximum atomic E-state index is 5.64. The molecule has 1 unspecified atom stereocenters. The second-order valence-electron chi connectivity index (χ2n) is 6.22. The molecule has 2 aliphatic rings. The number of hydrogen-bond donors (Lipinski definition) is 2. The number of likely N-dealkylation sites (N-methyl/N-ethyl adjacent to an activating group) is 1. The molecule has 1 aliphatic carbocycles. The molecule has 21 heavy (non-hydrogen) atoms. The van der Waals surface area contributed by atoms with Crippen molar-refractivity contribution in [3.63, 3.8) is 0 Å². The Kier molecular flexibility index (Phi) is 3.99. The summed E-state index contributed by atoms with van der Waals surface area (Å²) in [5.41, 5.74) is 3.80. The van der Waals surface area contributed by atoms with E-state index in [4.69, 9.17) is 10.8 Å². The minimum Gasteiger partial charge on any atom is -0.353 e. The summed E-state index contributed by atoms with van der Waals surface area (Å²) in [6.45, 7) is 10.8. The molecule has 1 saturated heterocycles. The average molecular weight is 290 g/mol. The van der Waals surface area contributed by atoms with Crippen molar-refractivity contribution in [3.05, 3.63) is 11.4 Å². The number of nitrogen functional groups attached to an aromatic ring is 1. The Labute approximate surface area is 126 Å². The first-order chi connectivity index (χ1) is 10.1. The van der Waals surface area contributed by atoms with Gasteiger partial charge in [-0.2, -0.15) is 0 Å². The van der Waals surface area contributed by atoms with Crippen molar-refractivity contribution in [1.29, 1.82) is 0 Å². The predicted octanol–water partition coefficient (Wildman–Crippen LogP) is 1.48. The van der Waals surface area contributed by atoms with E-state index in [0.717, 1.165) is 49.2 Å². The van der Waals surface area contributed by atoms with Crippen LogP contribution in [-0.2, 0) is 0 Å². The van der Waals surface area contributed by atoms with Crippen LogP contribution in [0.1, 0.15) is 44.0 Å². The number of nitrogens with two attached hydrogens (primary N) is 1. The Morgan fingerprint density at radius 1 is 1.29 bits per heavy atom.